The average molecular weight is 377 g/mol. The summed E-state index contributed by atoms with van der Waals surface area (Å²) in [7, 11) is 0. The summed E-state index contributed by atoms with van der Waals surface area (Å²) in [6.45, 7) is 5.11. The van der Waals surface area contributed by atoms with Crippen molar-refractivity contribution in [2.75, 3.05) is 18.1 Å². The van der Waals surface area contributed by atoms with E-state index in [1.165, 1.54) is 0 Å². The smallest absolute Gasteiger partial charge is 0.228 e. The Morgan fingerprint density at radius 1 is 1.30 bits per heavy atom. The second-order valence-electron chi connectivity index (χ2n) is 5.24. The molecule has 1 heterocycles. The van der Waals surface area contributed by atoms with Crippen LogP contribution in [0.4, 0.5) is 5.82 Å². The zero-order valence-corrected chi connectivity index (χ0v) is 15.0. The third kappa shape index (κ3) is 5.36. The van der Waals surface area contributed by atoms with Gasteiger partial charge < -0.3 is 4.74 Å². The van der Waals surface area contributed by atoms with E-state index >= 15 is 0 Å². The Morgan fingerprint density at radius 3 is 2.78 bits per heavy atom. The highest BCUT2D eigenvalue weighted by Gasteiger charge is 2.14. The van der Waals surface area contributed by atoms with Crippen LogP contribution in [0.5, 0.6) is 5.75 Å². The molecule has 2 aromatic rings. The second kappa shape index (κ2) is 8.67. The van der Waals surface area contributed by atoms with Crippen molar-refractivity contribution in [1.82, 2.24) is 4.98 Å². The number of benzene rings is 1. The normalized spacial score (nSPS) is 10.4. The lowest BCUT2D eigenvalue weighted by molar-refractivity contribution is -0.118. The number of pyridine rings is 1. The maximum atomic E-state index is 12.3. The van der Waals surface area contributed by atoms with Crippen LogP contribution in [0.25, 0.3) is 0 Å². The Bertz CT molecular complexity index is 644. The molecule has 0 saturated heterocycles. The summed E-state index contributed by atoms with van der Waals surface area (Å²) in [4.78, 5) is 18.3. The monoisotopic (exact) mass is 376 g/mol. The molecular formula is C18H21BrN2O2. The summed E-state index contributed by atoms with van der Waals surface area (Å²) in [6.07, 6.45) is 2.82. The first kappa shape index (κ1) is 17.5. The fraction of sp³-hybridized carbons (Fsp3) is 0.333. The molecule has 1 aromatic carbocycles. The van der Waals surface area contributed by atoms with Crippen LogP contribution in [0, 0.1) is 6.92 Å². The van der Waals surface area contributed by atoms with Crippen LogP contribution in [0.15, 0.2) is 47.1 Å². The van der Waals surface area contributed by atoms with Crippen molar-refractivity contribution < 1.29 is 9.53 Å². The number of hydrogen-bond acceptors (Lipinski definition) is 3. The molecule has 23 heavy (non-hydrogen) atoms. The van der Waals surface area contributed by atoms with Gasteiger partial charge in [0.25, 0.3) is 0 Å². The third-order valence-electron chi connectivity index (χ3n) is 3.40. The molecule has 2 rings (SSSR count). The molecular weight excluding hydrogens is 356 g/mol. The van der Waals surface area contributed by atoms with Gasteiger partial charge in [-0.1, -0.05) is 12.1 Å². The van der Waals surface area contributed by atoms with Crippen LogP contribution in [0.2, 0.25) is 0 Å². The summed E-state index contributed by atoms with van der Waals surface area (Å²) in [6, 6.07) is 11.6. The minimum Gasteiger partial charge on any atom is -0.494 e. The van der Waals surface area contributed by atoms with E-state index in [4.69, 9.17) is 4.74 Å². The van der Waals surface area contributed by atoms with Crippen LogP contribution in [-0.2, 0) is 4.79 Å². The number of ether oxygens (including phenoxy) is 1. The molecule has 0 fully saturated rings. The Hall–Kier alpha value is -1.88. The fourth-order valence-corrected chi connectivity index (χ4v) is 2.48. The molecule has 1 aromatic heterocycles. The lowest BCUT2D eigenvalue weighted by Crippen LogP contribution is -2.31. The summed E-state index contributed by atoms with van der Waals surface area (Å²) >= 11 is 3.35. The number of halogens is 1. The molecule has 0 atom stereocenters. The number of anilines is 1. The third-order valence-corrected chi connectivity index (χ3v) is 3.87. The van der Waals surface area contributed by atoms with Gasteiger partial charge in [-0.15, -0.1) is 0 Å². The van der Waals surface area contributed by atoms with Crippen molar-refractivity contribution >= 4 is 27.7 Å². The molecule has 122 valence electrons. The Labute approximate surface area is 145 Å². The van der Waals surface area contributed by atoms with Gasteiger partial charge in [0.2, 0.25) is 5.91 Å². The zero-order chi connectivity index (χ0) is 16.7. The Kier molecular flexibility index (Phi) is 6.59. The molecule has 0 bridgehead atoms. The van der Waals surface area contributed by atoms with Crippen molar-refractivity contribution in [3.05, 3.63) is 52.6 Å². The predicted molar refractivity (Wildman–Crippen MR) is 95.9 cm³/mol. The molecule has 0 unspecified atom stereocenters. The van der Waals surface area contributed by atoms with E-state index in [-0.39, 0.29) is 5.91 Å². The van der Waals surface area contributed by atoms with Gasteiger partial charge in [0.05, 0.1) is 6.61 Å². The van der Waals surface area contributed by atoms with Gasteiger partial charge in [-0.3, -0.25) is 9.69 Å². The summed E-state index contributed by atoms with van der Waals surface area (Å²) in [5, 5.41) is 0. The number of carbonyl (C=O) groups excluding carboxylic acids is 1. The second-order valence-corrected chi connectivity index (χ2v) is 6.16. The summed E-state index contributed by atoms with van der Waals surface area (Å²) in [5.74, 6) is 1.59. The maximum absolute atomic E-state index is 12.3. The molecule has 0 aliphatic heterocycles. The standard InChI is InChI=1S/C18H21BrN2O2/c1-3-21(17-10-9-15(19)13-20-17)18(22)8-5-11-23-16-7-4-6-14(2)12-16/h4,6-7,9-10,12-13H,3,5,8,11H2,1-2H3. The topological polar surface area (TPSA) is 42.4 Å². The summed E-state index contributed by atoms with van der Waals surface area (Å²) in [5.41, 5.74) is 1.16. The number of amides is 1. The highest BCUT2D eigenvalue weighted by atomic mass is 79.9. The van der Waals surface area contributed by atoms with E-state index in [1.807, 2.05) is 50.2 Å². The lowest BCUT2D eigenvalue weighted by atomic mass is 10.2. The van der Waals surface area contributed by atoms with Crippen molar-refractivity contribution in [2.24, 2.45) is 0 Å². The van der Waals surface area contributed by atoms with Crippen molar-refractivity contribution in [2.45, 2.75) is 26.7 Å². The number of aromatic nitrogens is 1. The van der Waals surface area contributed by atoms with Gasteiger partial charge >= 0.3 is 0 Å². The molecule has 0 saturated carbocycles. The number of aryl methyl sites for hydroxylation is 1. The first-order valence-corrected chi connectivity index (χ1v) is 8.51. The molecule has 0 spiro atoms. The molecule has 1 amide bonds. The highest BCUT2D eigenvalue weighted by molar-refractivity contribution is 9.10. The zero-order valence-electron chi connectivity index (χ0n) is 13.5. The van der Waals surface area contributed by atoms with Crippen molar-refractivity contribution in [3.63, 3.8) is 0 Å². The minimum atomic E-state index is 0.0650. The van der Waals surface area contributed by atoms with E-state index in [9.17, 15) is 4.79 Å². The number of nitrogens with zero attached hydrogens (tertiary/aromatic N) is 2. The number of carbonyl (C=O) groups is 1. The van der Waals surface area contributed by atoms with Gasteiger partial charge in [0, 0.05) is 23.6 Å². The van der Waals surface area contributed by atoms with Crippen molar-refractivity contribution in [3.8, 4) is 5.75 Å². The van der Waals surface area contributed by atoms with Gasteiger partial charge in [-0.05, 0) is 66.0 Å². The van der Waals surface area contributed by atoms with E-state index in [0.717, 1.165) is 15.8 Å². The maximum Gasteiger partial charge on any atom is 0.228 e. The molecule has 0 radical (unpaired) electrons. The molecule has 0 N–H and O–H groups in total. The molecule has 4 nitrogen and oxygen atoms in total. The van der Waals surface area contributed by atoms with Crippen LogP contribution < -0.4 is 9.64 Å². The molecule has 0 aliphatic carbocycles. The Balaban J connectivity index is 1.82. The largest absolute Gasteiger partial charge is 0.494 e. The lowest BCUT2D eigenvalue weighted by Gasteiger charge is -2.20. The van der Waals surface area contributed by atoms with Crippen LogP contribution in [0.3, 0.4) is 0 Å². The number of rotatable bonds is 7. The fourth-order valence-electron chi connectivity index (χ4n) is 2.25. The Morgan fingerprint density at radius 2 is 2.13 bits per heavy atom. The molecule has 5 heteroatoms. The van der Waals surface area contributed by atoms with Crippen LogP contribution >= 0.6 is 15.9 Å². The van der Waals surface area contributed by atoms with Gasteiger partial charge in [-0.2, -0.15) is 0 Å². The predicted octanol–water partition coefficient (Wildman–Crippen LogP) is 4.36. The van der Waals surface area contributed by atoms with Gasteiger partial charge in [-0.25, -0.2) is 4.98 Å². The van der Waals surface area contributed by atoms with E-state index in [2.05, 4.69) is 20.9 Å². The van der Waals surface area contributed by atoms with E-state index in [0.29, 0.717) is 31.8 Å². The van der Waals surface area contributed by atoms with Gasteiger partial charge in [0.1, 0.15) is 11.6 Å². The first-order valence-electron chi connectivity index (χ1n) is 7.71. The quantitative estimate of drug-likeness (QED) is 0.673. The van der Waals surface area contributed by atoms with Gasteiger partial charge in [0.15, 0.2) is 0 Å². The average Bonchev–Trinajstić information content (AvgIpc) is 2.54. The van der Waals surface area contributed by atoms with E-state index < -0.39 is 0 Å². The van der Waals surface area contributed by atoms with Crippen LogP contribution in [-0.4, -0.2) is 24.0 Å². The van der Waals surface area contributed by atoms with Crippen LogP contribution in [0.1, 0.15) is 25.3 Å². The first-order chi connectivity index (χ1) is 11.1. The minimum absolute atomic E-state index is 0.0650. The number of hydrogen-bond donors (Lipinski definition) is 0. The van der Waals surface area contributed by atoms with E-state index in [1.54, 1.807) is 11.1 Å². The molecule has 0 aliphatic rings. The SMILES string of the molecule is CCN(C(=O)CCCOc1cccc(C)c1)c1ccc(Br)cn1. The highest BCUT2D eigenvalue weighted by Crippen LogP contribution is 2.16. The van der Waals surface area contributed by atoms with Crippen molar-refractivity contribution in [1.29, 1.82) is 0 Å². The summed E-state index contributed by atoms with van der Waals surface area (Å²) < 4.78 is 6.58.